The van der Waals surface area contributed by atoms with Crippen LogP contribution in [0.15, 0.2) is 24.3 Å². The van der Waals surface area contributed by atoms with E-state index in [9.17, 15) is 19.2 Å². The first-order chi connectivity index (χ1) is 10.2. The molecule has 0 saturated carbocycles. The highest BCUT2D eigenvalue weighted by atomic mass is 16.4. The monoisotopic (exact) mass is 308 g/mol. The predicted octanol–water partition coefficient (Wildman–Crippen LogP) is -0.000200. The summed E-state index contributed by atoms with van der Waals surface area (Å²) in [6, 6.07) is 5.57. The van der Waals surface area contributed by atoms with Gasteiger partial charge in [-0.05, 0) is 24.3 Å². The summed E-state index contributed by atoms with van der Waals surface area (Å²) in [5, 5.41) is 17.3. The van der Waals surface area contributed by atoms with Crippen molar-refractivity contribution >= 4 is 23.8 Å². The van der Waals surface area contributed by atoms with Crippen molar-refractivity contribution in [2.24, 2.45) is 0 Å². The van der Waals surface area contributed by atoms with Crippen LogP contribution >= 0.6 is 0 Å². The lowest BCUT2D eigenvalue weighted by Gasteiger charge is -2.16. The number of nitrogens with zero attached hydrogens (tertiary/aromatic N) is 2. The van der Waals surface area contributed by atoms with Crippen molar-refractivity contribution in [3.63, 3.8) is 0 Å². The van der Waals surface area contributed by atoms with Gasteiger partial charge < -0.3 is 20.0 Å². The maximum absolute atomic E-state index is 11.9. The number of hydrogen-bond donors (Lipinski definition) is 2. The number of carbonyl (C=O) groups excluding carboxylic acids is 2. The van der Waals surface area contributed by atoms with E-state index in [1.807, 2.05) is 0 Å². The zero-order valence-corrected chi connectivity index (χ0v) is 12.1. The number of carboxylic acid groups (broad SMARTS) is 2. The van der Waals surface area contributed by atoms with Crippen LogP contribution in [0.2, 0.25) is 0 Å². The van der Waals surface area contributed by atoms with E-state index in [-0.39, 0.29) is 11.1 Å². The van der Waals surface area contributed by atoms with Gasteiger partial charge in [0.1, 0.15) is 13.1 Å². The lowest BCUT2D eigenvalue weighted by atomic mass is 10.1. The van der Waals surface area contributed by atoms with Crippen LogP contribution in [0.4, 0.5) is 0 Å². The summed E-state index contributed by atoms with van der Waals surface area (Å²) in [5.41, 5.74) is 0.474. The maximum atomic E-state index is 11.9. The quantitative estimate of drug-likeness (QED) is 0.764. The number of aliphatic carboxylic acids is 2. The molecule has 118 valence electrons. The number of hydrogen-bond acceptors (Lipinski definition) is 4. The average Bonchev–Trinajstić information content (AvgIpc) is 2.44. The molecular weight excluding hydrogens is 292 g/mol. The van der Waals surface area contributed by atoms with Crippen LogP contribution in [-0.4, -0.2) is 71.0 Å². The van der Waals surface area contributed by atoms with Crippen molar-refractivity contribution in [3.8, 4) is 0 Å². The fourth-order valence-electron chi connectivity index (χ4n) is 1.75. The summed E-state index contributed by atoms with van der Waals surface area (Å²) in [5.74, 6) is -3.23. The topological polar surface area (TPSA) is 115 Å². The number of carboxylic acids is 2. The van der Waals surface area contributed by atoms with Crippen LogP contribution in [0.5, 0.6) is 0 Å². The molecule has 0 spiro atoms. The van der Waals surface area contributed by atoms with Crippen molar-refractivity contribution in [2.45, 2.75) is 0 Å². The van der Waals surface area contributed by atoms with Crippen LogP contribution in [0.3, 0.4) is 0 Å². The number of benzene rings is 1. The Kier molecular flexibility index (Phi) is 5.62. The third kappa shape index (κ3) is 4.58. The van der Waals surface area contributed by atoms with Crippen molar-refractivity contribution < 1.29 is 29.4 Å². The van der Waals surface area contributed by atoms with Gasteiger partial charge in [0, 0.05) is 25.2 Å². The van der Waals surface area contributed by atoms with Gasteiger partial charge in [-0.25, -0.2) is 0 Å². The van der Waals surface area contributed by atoms with Gasteiger partial charge in [0.15, 0.2) is 0 Å². The SMILES string of the molecule is CN(CC(=O)O)C(=O)c1ccc(C(=O)N(C)CC(=O)O)cc1. The Balaban J connectivity index is 2.82. The van der Waals surface area contributed by atoms with E-state index in [0.29, 0.717) is 0 Å². The lowest BCUT2D eigenvalue weighted by Crippen LogP contribution is -2.32. The molecule has 1 aromatic rings. The standard InChI is InChI=1S/C14H16N2O6/c1-15(7-11(17)18)13(21)9-3-5-10(6-4-9)14(22)16(2)8-12(19)20/h3-6H,7-8H2,1-2H3,(H,17,18)(H,19,20). The highest BCUT2D eigenvalue weighted by Gasteiger charge is 2.17. The molecule has 0 atom stereocenters. The van der Waals surface area contributed by atoms with Gasteiger partial charge in [-0.15, -0.1) is 0 Å². The fraction of sp³-hybridized carbons (Fsp3) is 0.286. The van der Waals surface area contributed by atoms with Crippen molar-refractivity contribution in [1.82, 2.24) is 9.80 Å². The molecule has 8 nitrogen and oxygen atoms in total. The second-order valence-electron chi connectivity index (χ2n) is 4.69. The molecule has 1 rings (SSSR count). The molecule has 0 saturated heterocycles. The van der Waals surface area contributed by atoms with Crippen molar-refractivity contribution in [3.05, 3.63) is 35.4 Å². The highest BCUT2D eigenvalue weighted by Crippen LogP contribution is 2.09. The van der Waals surface area contributed by atoms with Crippen LogP contribution in [0.1, 0.15) is 20.7 Å². The van der Waals surface area contributed by atoms with Crippen LogP contribution in [0.25, 0.3) is 0 Å². The molecule has 0 fully saturated rings. The van der Waals surface area contributed by atoms with E-state index in [4.69, 9.17) is 10.2 Å². The fourth-order valence-corrected chi connectivity index (χ4v) is 1.75. The maximum Gasteiger partial charge on any atom is 0.323 e. The van der Waals surface area contributed by atoms with Gasteiger partial charge in [-0.3, -0.25) is 19.2 Å². The molecule has 0 radical (unpaired) electrons. The predicted molar refractivity (Wildman–Crippen MR) is 75.6 cm³/mol. The molecular formula is C14H16N2O6. The Morgan fingerprint density at radius 3 is 1.27 bits per heavy atom. The van der Waals surface area contributed by atoms with Gasteiger partial charge in [-0.2, -0.15) is 0 Å². The Bertz CT molecular complexity index is 543. The van der Waals surface area contributed by atoms with E-state index in [1.165, 1.54) is 38.4 Å². The largest absolute Gasteiger partial charge is 0.480 e. The Labute approximate surface area is 126 Å². The second kappa shape index (κ2) is 7.21. The minimum atomic E-state index is -1.13. The number of carbonyl (C=O) groups is 4. The zero-order valence-electron chi connectivity index (χ0n) is 12.1. The first-order valence-electron chi connectivity index (χ1n) is 6.27. The van der Waals surface area contributed by atoms with E-state index in [0.717, 1.165) is 9.80 Å². The van der Waals surface area contributed by atoms with Gasteiger partial charge in [-0.1, -0.05) is 0 Å². The van der Waals surface area contributed by atoms with Gasteiger partial charge in [0.25, 0.3) is 11.8 Å². The molecule has 0 heterocycles. The van der Waals surface area contributed by atoms with Gasteiger partial charge in [0.2, 0.25) is 0 Å². The molecule has 22 heavy (non-hydrogen) atoms. The smallest absolute Gasteiger partial charge is 0.323 e. The number of rotatable bonds is 6. The van der Waals surface area contributed by atoms with Gasteiger partial charge in [0.05, 0.1) is 0 Å². The number of amides is 2. The molecule has 1 aromatic carbocycles. The molecule has 2 amide bonds. The highest BCUT2D eigenvalue weighted by molar-refractivity contribution is 5.99. The second-order valence-corrected chi connectivity index (χ2v) is 4.69. The average molecular weight is 308 g/mol. The van der Waals surface area contributed by atoms with E-state index < -0.39 is 36.8 Å². The van der Waals surface area contributed by atoms with E-state index in [1.54, 1.807) is 0 Å². The summed E-state index contributed by atoms with van der Waals surface area (Å²) in [6.07, 6.45) is 0. The minimum absolute atomic E-state index is 0.237. The van der Waals surface area contributed by atoms with E-state index in [2.05, 4.69) is 0 Å². The molecule has 0 aliphatic heterocycles. The summed E-state index contributed by atoms with van der Waals surface area (Å²) in [4.78, 5) is 47.1. The normalized spacial score (nSPS) is 9.91. The third-order valence-electron chi connectivity index (χ3n) is 2.82. The Morgan fingerprint density at radius 1 is 0.773 bits per heavy atom. The first-order valence-corrected chi connectivity index (χ1v) is 6.27. The van der Waals surface area contributed by atoms with Crippen LogP contribution < -0.4 is 0 Å². The van der Waals surface area contributed by atoms with Crippen LogP contribution in [-0.2, 0) is 9.59 Å². The number of likely N-dealkylation sites (N-methyl/N-ethyl adjacent to an activating group) is 2. The third-order valence-corrected chi connectivity index (χ3v) is 2.82. The molecule has 0 bridgehead atoms. The Hall–Kier alpha value is -2.90. The molecule has 8 heteroatoms. The summed E-state index contributed by atoms with van der Waals surface area (Å²) in [7, 11) is 2.71. The first kappa shape index (κ1) is 17.2. The van der Waals surface area contributed by atoms with E-state index >= 15 is 0 Å². The minimum Gasteiger partial charge on any atom is -0.480 e. The molecule has 0 unspecified atom stereocenters. The summed E-state index contributed by atoms with van der Waals surface area (Å²) >= 11 is 0. The molecule has 2 N–H and O–H groups in total. The Morgan fingerprint density at radius 2 is 1.05 bits per heavy atom. The molecule has 0 aliphatic carbocycles. The zero-order chi connectivity index (χ0) is 16.9. The van der Waals surface area contributed by atoms with Crippen molar-refractivity contribution in [1.29, 1.82) is 0 Å². The van der Waals surface area contributed by atoms with Gasteiger partial charge >= 0.3 is 11.9 Å². The van der Waals surface area contributed by atoms with Crippen LogP contribution in [0, 0.1) is 0 Å². The molecule has 0 aliphatic rings. The lowest BCUT2D eigenvalue weighted by molar-refractivity contribution is -0.138. The summed E-state index contributed by atoms with van der Waals surface area (Å²) < 4.78 is 0. The molecule has 0 aromatic heterocycles. The van der Waals surface area contributed by atoms with Crippen molar-refractivity contribution in [2.75, 3.05) is 27.2 Å². The summed E-state index contributed by atoms with van der Waals surface area (Å²) in [6.45, 7) is -0.859.